The Hall–Kier alpha value is -2.21. The average Bonchev–Trinajstić information content (AvgIpc) is 2.80. The number of nitrogens with zero attached hydrogens (tertiary/aromatic N) is 1. The molecular formula is C12H11NO5. The molecule has 0 spiro atoms. The summed E-state index contributed by atoms with van der Waals surface area (Å²) in [7, 11) is 1.16. The molecule has 18 heavy (non-hydrogen) atoms. The van der Waals surface area contributed by atoms with Crippen LogP contribution >= 0.6 is 0 Å². The summed E-state index contributed by atoms with van der Waals surface area (Å²) in [6, 6.07) is 8.31. The van der Waals surface area contributed by atoms with Crippen molar-refractivity contribution in [1.29, 1.82) is 0 Å². The molecule has 94 valence electrons. The molecule has 1 heterocycles. The van der Waals surface area contributed by atoms with Gasteiger partial charge in [0.05, 0.1) is 7.11 Å². The lowest BCUT2D eigenvalue weighted by Crippen LogP contribution is -2.39. The van der Waals surface area contributed by atoms with Gasteiger partial charge >= 0.3 is 5.97 Å². The maximum absolute atomic E-state index is 12.0. The van der Waals surface area contributed by atoms with Crippen molar-refractivity contribution in [1.82, 2.24) is 0 Å². The van der Waals surface area contributed by atoms with Crippen LogP contribution in [-0.4, -0.2) is 41.9 Å². The average molecular weight is 249 g/mol. The monoisotopic (exact) mass is 249 g/mol. The fourth-order valence-electron chi connectivity index (χ4n) is 1.57. The van der Waals surface area contributed by atoms with Gasteiger partial charge in [0.1, 0.15) is 0 Å². The van der Waals surface area contributed by atoms with E-state index in [9.17, 15) is 14.7 Å². The van der Waals surface area contributed by atoms with E-state index in [1.165, 1.54) is 0 Å². The van der Waals surface area contributed by atoms with E-state index in [1.54, 1.807) is 30.3 Å². The van der Waals surface area contributed by atoms with Gasteiger partial charge in [-0.25, -0.2) is 4.79 Å². The predicted molar refractivity (Wildman–Crippen MR) is 61.1 cm³/mol. The molecule has 2 rings (SSSR count). The normalized spacial score (nSPS) is 22.0. The number of ether oxygens (including phenoxy) is 1. The third-order valence-corrected chi connectivity index (χ3v) is 2.53. The Morgan fingerprint density at radius 1 is 1.33 bits per heavy atom. The van der Waals surface area contributed by atoms with Gasteiger partial charge in [-0.3, -0.25) is 4.79 Å². The number of esters is 1. The van der Waals surface area contributed by atoms with Gasteiger partial charge in [-0.15, -0.1) is 0 Å². The van der Waals surface area contributed by atoms with E-state index in [0.717, 1.165) is 7.11 Å². The molecule has 1 aliphatic heterocycles. The number of carbonyl (C=O) groups is 2. The van der Waals surface area contributed by atoms with Crippen molar-refractivity contribution in [3.05, 3.63) is 35.9 Å². The summed E-state index contributed by atoms with van der Waals surface area (Å²) >= 11 is 0. The number of aliphatic hydroxyl groups is 1. The summed E-state index contributed by atoms with van der Waals surface area (Å²) in [5, 5.41) is 13.3. The second-order valence-electron chi connectivity index (χ2n) is 3.67. The van der Waals surface area contributed by atoms with E-state index in [-0.39, 0.29) is 5.71 Å². The molecule has 6 heteroatoms. The topological polar surface area (TPSA) is 85.2 Å². The van der Waals surface area contributed by atoms with Gasteiger partial charge in [0.15, 0.2) is 11.8 Å². The number of carbonyl (C=O) groups excluding carboxylic acids is 2. The number of methoxy groups -OCH3 is 1. The van der Waals surface area contributed by atoms with Crippen LogP contribution in [0.15, 0.2) is 35.5 Å². The van der Waals surface area contributed by atoms with Crippen molar-refractivity contribution >= 4 is 17.5 Å². The van der Waals surface area contributed by atoms with E-state index in [4.69, 9.17) is 4.84 Å². The lowest BCUT2D eigenvalue weighted by atomic mass is 10.0. The summed E-state index contributed by atoms with van der Waals surface area (Å²) in [6.07, 6.45) is -2.69. The SMILES string of the molecule is COC(=O)[C@@H]1ON=C(C(=O)c2ccccc2)[C@H]1O. The highest BCUT2D eigenvalue weighted by Gasteiger charge is 2.42. The number of aliphatic hydroxyl groups excluding tert-OH is 1. The zero-order valence-corrected chi connectivity index (χ0v) is 9.57. The number of ketones is 1. The highest BCUT2D eigenvalue weighted by atomic mass is 16.7. The van der Waals surface area contributed by atoms with Crippen molar-refractivity contribution in [2.24, 2.45) is 5.16 Å². The van der Waals surface area contributed by atoms with Crippen LogP contribution in [0.2, 0.25) is 0 Å². The van der Waals surface area contributed by atoms with E-state index < -0.39 is 24.0 Å². The molecule has 0 unspecified atom stereocenters. The second-order valence-corrected chi connectivity index (χ2v) is 3.67. The Labute approximate surface area is 103 Å². The molecule has 1 N–H and O–H groups in total. The summed E-state index contributed by atoms with van der Waals surface area (Å²) in [6.45, 7) is 0. The summed E-state index contributed by atoms with van der Waals surface area (Å²) in [5.41, 5.74) is 0.168. The molecule has 2 atom stereocenters. The van der Waals surface area contributed by atoms with Gasteiger partial charge in [-0.2, -0.15) is 0 Å². The second kappa shape index (κ2) is 4.97. The van der Waals surface area contributed by atoms with Crippen LogP contribution in [0, 0.1) is 0 Å². The zero-order chi connectivity index (χ0) is 13.1. The maximum Gasteiger partial charge on any atom is 0.353 e. The molecule has 1 aromatic carbocycles. The van der Waals surface area contributed by atoms with Crippen LogP contribution in [-0.2, 0) is 14.4 Å². The van der Waals surface area contributed by atoms with Crippen molar-refractivity contribution in [2.75, 3.05) is 7.11 Å². The smallest absolute Gasteiger partial charge is 0.353 e. The fraction of sp³-hybridized carbons (Fsp3) is 0.250. The molecule has 0 radical (unpaired) electrons. The highest BCUT2D eigenvalue weighted by Crippen LogP contribution is 2.16. The van der Waals surface area contributed by atoms with E-state index in [1.807, 2.05) is 0 Å². The number of hydrogen-bond donors (Lipinski definition) is 1. The number of rotatable bonds is 3. The molecule has 0 saturated heterocycles. The lowest BCUT2D eigenvalue weighted by molar-refractivity contribution is -0.156. The van der Waals surface area contributed by atoms with Crippen molar-refractivity contribution in [3.63, 3.8) is 0 Å². The molecule has 1 aromatic rings. The Kier molecular flexibility index (Phi) is 3.38. The Morgan fingerprint density at radius 2 is 2.00 bits per heavy atom. The summed E-state index contributed by atoms with van der Waals surface area (Å²) < 4.78 is 4.43. The minimum Gasteiger partial charge on any atom is -0.466 e. The molecule has 6 nitrogen and oxygen atoms in total. The largest absolute Gasteiger partial charge is 0.466 e. The zero-order valence-electron chi connectivity index (χ0n) is 9.57. The van der Waals surface area contributed by atoms with Crippen LogP contribution in [0.4, 0.5) is 0 Å². The first-order valence-electron chi connectivity index (χ1n) is 5.24. The summed E-state index contributed by atoms with van der Waals surface area (Å²) in [5.74, 6) is -1.25. The van der Waals surface area contributed by atoms with Crippen molar-refractivity contribution in [3.8, 4) is 0 Å². The molecule has 0 aromatic heterocycles. The summed E-state index contributed by atoms with van der Waals surface area (Å²) in [4.78, 5) is 27.9. The number of hydrogen-bond acceptors (Lipinski definition) is 6. The molecule has 0 fully saturated rings. The number of oxime groups is 1. The highest BCUT2D eigenvalue weighted by molar-refractivity contribution is 6.48. The van der Waals surface area contributed by atoms with E-state index in [0.29, 0.717) is 5.56 Å². The fourth-order valence-corrected chi connectivity index (χ4v) is 1.57. The molecular weight excluding hydrogens is 238 g/mol. The third kappa shape index (κ3) is 2.10. The van der Waals surface area contributed by atoms with Crippen LogP contribution < -0.4 is 0 Å². The van der Waals surface area contributed by atoms with Crippen molar-refractivity contribution < 1.29 is 24.3 Å². The molecule has 0 bridgehead atoms. The minimum atomic E-state index is -1.41. The van der Waals surface area contributed by atoms with Crippen LogP contribution in [0.25, 0.3) is 0 Å². The minimum absolute atomic E-state index is 0.198. The molecule has 1 aliphatic rings. The quantitative estimate of drug-likeness (QED) is 0.609. The van der Waals surface area contributed by atoms with Crippen LogP contribution in [0.5, 0.6) is 0 Å². The van der Waals surface area contributed by atoms with Gasteiger partial charge in [-0.1, -0.05) is 35.5 Å². The van der Waals surface area contributed by atoms with Gasteiger partial charge in [0, 0.05) is 5.56 Å². The Morgan fingerprint density at radius 3 is 2.61 bits per heavy atom. The molecule has 0 amide bonds. The van der Waals surface area contributed by atoms with Crippen LogP contribution in [0.3, 0.4) is 0 Å². The Balaban J connectivity index is 2.17. The number of Topliss-reactive ketones (excluding diaryl/α,β-unsaturated/α-hetero) is 1. The van der Waals surface area contributed by atoms with Gasteiger partial charge in [0.25, 0.3) is 6.10 Å². The van der Waals surface area contributed by atoms with Gasteiger partial charge < -0.3 is 14.7 Å². The van der Waals surface area contributed by atoms with Crippen LogP contribution in [0.1, 0.15) is 10.4 Å². The van der Waals surface area contributed by atoms with Gasteiger partial charge in [0.2, 0.25) is 5.78 Å². The lowest BCUT2D eigenvalue weighted by Gasteiger charge is -2.10. The molecule has 0 saturated carbocycles. The van der Waals surface area contributed by atoms with E-state index >= 15 is 0 Å². The molecule has 0 aliphatic carbocycles. The maximum atomic E-state index is 12.0. The first-order valence-corrected chi connectivity index (χ1v) is 5.24. The third-order valence-electron chi connectivity index (χ3n) is 2.53. The van der Waals surface area contributed by atoms with Crippen molar-refractivity contribution in [2.45, 2.75) is 12.2 Å². The number of benzene rings is 1. The van der Waals surface area contributed by atoms with E-state index in [2.05, 4.69) is 9.89 Å². The predicted octanol–water partition coefficient (Wildman–Crippen LogP) is 0.158. The standard InChI is InChI=1S/C12H11NO5/c1-17-12(16)11-10(15)8(13-18-11)9(14)7-5-3-2-4-6-7/h2-6,10-11,15H,1H3/t10-,11-/m1/s1. The first-order chi connectivity index (χ1) is 8.65. The van der Waals surface area contributed by atoms with Gasteiger partial charge in [-0.05, 0) is 0 Å². The Bertz CT molecular complexity index is 496. The first kappa shape index (κ1) is 12.3.